The Bertz CT molecular complexity index is 1110. The fourth-order valence-corrected chi connectivity index (χ4v) is 3.26. The van der Waals surface area contributed by atoms with Gasteiger partial charge in [0.25, 0.3) is 5.91 Å². The number of ether oxygens (including phenoxy) is 2. The molecule has 3 aromatic rings. The molecule has 1 aromatic heterocycles. The van der Waals surface area contributed by atoms with Crippen LogP contribution in [0.4, 0.5) is 0 Å². The number of esters is 1. The van der Waals surface area contributed by atoms with Crippen molar-refractivity contribution < 1.29 is 19.1 Å². The molecule has 30 heavy (non-hydrogen) atoms. The molecule has 1 amide bonds. The minimum atomic E-state index is -0.614. The van der Waals surface area contributed by atoms with Crippen molar-refractivity contribution in [3.63, 3.8) is 0 Å². The Balaban J connectivity index is 1.99. The molecular formula is C23H23N3O4. The van der Waals surface area contributed by atoms with Gasteiger partial charge in [-0.15, -0.1) is 0 Å². The highest BCUT2D eigenvalue weighted by molar-refractivity contribution is 5.92. The molecule has 2 aromatic carbocycles. The summed E-state index contributed by atoms with van der Waals surface area (Å²) in [7, 11) is 2.96. The molecule has 2 N–H and O–H groups in total. The Hall–Kier alpha value is -3.74. The molecule has 0 atom stereocenters. The number of carbonyl (C=O) groups excluding carboxylic acids is 2. The van der Waals surface area contributed by atoms with E-state index in [1.165, 1.54) is 7.11 Å². The van der Waals surface area contributed by atoms with Crippen LogP contribution in [0.1, 0.15) is 27.4 Å². The molecule has 0 unspecified atom stereocenters. The zero-order chi connectivity index (χ0) is 21.8. The molecule has 154 valence electrons. The lowest BCUT2D eigenvalue weighted by molar-refractivity contribution is -0.139. The van der Waals surface area contributed by atoms with Gasteiger partial charge in [-0.2, -0.15) is 0 Å². The maximum absolute atomic E-state index is 11.7. The molecule has 0 aliphatic carbocycles. The number of nitrogens with zero attached hydrogens (tertiary/aromatic N) is 2. The molecule has 0 saturated carbocycles. The van der Waals surface area contributed by atoms with E-state index in [1.807, 2.05) is 49.4 Å². The van der Waals surface area contributed by atoms with Gasteiger partial charge in [-0.25, -0.2) is 4.98 Å². The summed E-state index contributed by atoms with van der Waals surface area (Å²) in [4.78, 5) is 31.9. The second-order valence-corrected chi connectivity index (χ2v) is 6.82. The minimum absolute atomic E-state index is 0.153. The Labute approximate surface area is 174 Å². The van der Waals surface area contributed by atoms with Gasteiger partial charge in [0.2, 0.25) is 0 Å². The van der Waals surface area contributed by atoms with Crippen molar-refractivity contribution in [1.82, 2.24) is 9.97 Å². The highest BCUT2D eigenvalue weighted by atomic mass is 16.5. The molecule has 7 nitrogen and oxygen atoms in total. The highest BCUT2D eigenvalue weighted by Gasteiger charge is 2.16. The number of hydrogen-bond donors (Lipinski definition) is 1. The van der Waals surface area contributed by atoms with Gasteiger partial charge < -0.3 is 15.2 Å². The largest absolute Gasteiger partial charge is 0.496 e. The fraction of sp³-hybridized carbons (Fsp3) is 0.217. The van der Waals surface area contributed by atoms with E-state index >= 15 is 0 Å². The maximum atomic E-state index is 11.7. The lowest BCUT2D eigenvalue weighted by Crippen LogP contribution is -2.17. The first-order chi connectivity index (χ1) is 14.3. The van der Waals surface area contributed by atoms with Crippen LogP contribution in [0.15, 0.2) is 42.5 Å². The minimum Gasteiger partial charge on any atom is -0.496 e. The number of aryl methyl sites for hydroxylation is 2. The van der Waals surface area contributed by atoms with Crippen LogP contribution in [0, 0.1) is 13.8 Å². The van der Waals surface area contributed by atoms with Crippen LogP contribution in [0.5, 0.6) is 5.75 Å². The average Bonchev–Trinajstić information content (AvgIpc) is 2.73. The third-order valence-electron chi connectivity index (χ3n) is 4.79. The number of benzene rings is 2. The summed E-state index contributed by atoms with van der Waals surface area (Å²) in [6.07, 6.45) is 0.223. The average molecular weight is 405 g/mol. The van der Waals surface area contributed by atoms with E-state index in [0.717, 1.165) is 22.3 Å². The van der Waals surface area contributed by atoms with E-state index in [9.17, 15) is 9.59 Å². The van der Waals surface area contributed by atoms with Gasteiger partial charge in [-0.1, -0.05) is 30.3 Å². The van der Waals surface area contributed by atoms with Gasteiger partial charge in [0.05, 0.1) is 37.7 Å². The lowest BCUT2D eigenvalue weighted by Gasteiger charge is -2.13. The van der Waals surface area contributed by atoms with Crippen molar-refractivity contribution in [2.45, 2.75) is 20.3 Å². The normalized spacial score (nSPS) is 10.5. The summed E-state index contributed by atoms with van der Waals surface area (Å²) in [5.74, 6) is -0.248. The summed E-state index contributed by atoms with van der Waals surface area (Å²) in [5.41, 5.74) is 10.8. The molecule has 0 aliphatic heterocycles. The molecule has 0 radical (unpaired) electrons. The molecule has 0 spiro atoms. The molecule has 3 rings (SSSR count). The van der Waals surface area contributed by atoms with Crippen molar-refractivity contribution in [3.05, 3.63) is 65.1 Å². The molecule has 0 fully saturated rings. The zero-order valence-electron chi connectivity index (χ0n) is 17.4. The van der Waals surface area contributed by atoms with Crippen molar-refractivity contribution in [2.24, 2.45) is 5.73 Å². The van der Waals surface area contributed by atoms with Gasteiger partial charge >= 0.3 is 5.97 Å². The van der Waals surface area contributed by atoms with Crippen molar-refractivity contribution in [1.29, 1.82) is 0 Å². The SMILES string of the molecule is COC(=O)Cc1ccc(-c2ccc(-c3nc(C(N)=O)c(C)nc3C)cc2OC)cc1. The maximum Gasteiger partial charge on any atom is 0.309 e. The number of aromatic nitrogens is 2. The first-order valence-corrected chi connectivity index (χ1v) is 9.33. The number of nitrogens with two attached hydrogens (primary N) is 1. The van der Waals surface area contributed by atoms with E-state index in [-0.39, 0.29) is 18.1 Å². The smallest absolute Gasteiger partial charge is 0.309 e. The van der Waals surface area contributed by atoms with E-state index in [0.29, 0.717) is 22.8 Å². The quantitative estimate of drug-likeness (QED) is 0.631. The van der Waals surface area contributed by atoms with Crippen LogP contribution in [0.2, 0.25) is 0 Å². The second kappa shape index (κ2) is 8.73. The number of amides is 1. The van der Waals surface area contributed by atoms with E-state index < -0.39 is 5.91 Å². The molecule has 0 aliphatic rings. The van der Waals surface area contributed by atoms with Crippen LogP contribution in [-0.4, -0.2) is 36.1 Å². The summed E-state index contributed by atoms with van der Waals surface area (Å²) in [6.45, 7) is 3.54. The summed E-state index contributed by atoms with van der Waals surface area (Å²) in [5, 5.41) is 0. The molecule has 0 bridgehead atoms. The van der Waals surface area contributed by atoms with Crippen LogP contribution in [-0.2, 0) is 16.0 Å². The third-order valence-corrected chi connectivity index (χ3v) is 4.79. The van der Waals surface area contributed by atoms with Crippen molar-refractivity contribution in [3.8, 4) is 28.1 Å². The van der Waals surface area contributed by atoms with Crippen molar-refractivity contribution >= 4 is 11.9 Å². The Morgan fingerprint density at radius 1 is 0.933 bits per heavy atom. The van der Waals surface area contributed by atoms with Gasteiger partial charge in [-0.3, -0.25) is 14.6 Å². The summed E-state index contributed by atoms with van der Waals surface area (Å²) < 4.78 is 10.3. The van der Waals surface area contributed by atoms with Crippen LogP contribution < -0.4 is 10.5 Å². The Kier molecular flexibility index (Phi) is 6.11. The number of carbonyl (C=O) groups is 2. The first-order valence-electron chi connectivity index (χ1n) is 9.33. The van der Waals surface area contributed by atoms with Gasteiger partial charge in [-0.05, 0) is 37.1 Å². The van der Waals surface area contributed by atoms with Gasteiger partial charge in [0.1, 0.15) is 11.4 Å². The standard InChI is InChI=1S/C23H23N3O4/c1-13-21(26-22(23(24)28)14(2)25-13)17-9-10-18(19(12-17)29-3)16-7-5-15(6-8-16)11-20(27)30-4/h5-10,12H,11H2,1-4H3,(H2,24,28). The van der Waals surface area contributed by atoms with Crippen LogP contribution in [0.3, 0.4) is 0 Å². The zero-order valence-corrected chi connectivity index (χ0v) is 17.4. The van der Waals surface area contributed by atoms with Gasteiger partial charge in [0, 0.05) is 11.1 Å². The molecule has 1 heterocycles. The number of primary amides is 1. The predicted molar refractivity (Wildman–Crippen MR) is 113 cm³/mol. The van der Waals surface area contributed by atoms with E-state index in [1.54, 1.807) is 14.0 Å². The van der Waals surface area contributed by atoms with E-state index in [2.05, 4.69) is 9.97 Å². The van der Waals surface area contributed by atoms with Crippen LogP contribution in [0.25, 0.3) is 22.4 Å². The monoisotopic (exact) mass is 405 g/mol. The third kappa shape index (κ3) is 4.30. The van der Waals surface area contributed by atoms with Crippen LogP contribution >= 0.6 is 0 Å². The Morgan fingerprint density at radius 3 is 2.20 bits per heavy atom. The molecular weight excluding hydrogens is 382 g/mol. The molecule has 7 heteroatoms. The second-order valence-electron chi connectivity index (χ2n) is 6.82. The highest BCUT2D eigenvalue weighted by Crippen LogP contribution is 2.34. The lowest BCUT2D eigenvalue weighted by atomic mass is 9.99. The Morgan fingerprint density at radius 2 is 1.60 bits per heavy atom. The summed E-state index contributed by atoms with van der Waals surface area (Å²) in [6, 6.07) is 13.3. The number of methoxy groups -OCH3 is 2. The number of hydrogen-bond acceptors (Lipinski definition) is 6. The fourth-order valence-electron chi connectivity index (χ4n) is 3.26. The first kappa shape index (κ1) is 21.0. The number of rotatable bonds is 6. The topological polar surface area (TPSA) is 104 Å². The van der Waals surface area contributed by atoms with Gasteiger partial charge in [0.15, 0.2) is 0 Å². The van der Waals surface area contributed by atoms with Crippen molar-refractivity contribution in [2.75, 3.05) is 14.2 Å². The predicted octanol–water partition coefficient (Wildman–Crippen LogP) is 3.25. The summed E-state index contributed by atoms with van der Waals surface area (Å²) >= 11 is 0. The molecule has 0 saturated heterocycles. The van der Waals surface area contributed by atoms with E-state index in [4.69, 9.17) is 15.2 Å².